The van der Waals surface area contributed by atoms with Crippen molar-refractivity contribution in [2.75, 3.05) is 18.5 Å². The minimum Gasteiger partial charge on any atom is -0.490 e. The van der Waals surface area contributed by atoms with Gasteiger partial charge < -0.3 is 19.9 Å². The molecule has 2 amide bonds. The maximum atomic E-state index is 14.2. The van der Waals surface area contributed by atoms with E-state index in [1.807, 2.05) is 12.1 Å². The molecule has 1 aliphatic carbocycles. The van der Waals surface area contributed by atoms with E-state index in [-0.39, 0.29) is 42.4 Å². The van der Waals surface area contributed by atoms with E-state index in [2.05, 4.69) is 15.6 Å². The highest BCUT2D eigenvalue weighted by atomic mass is 19.1. The lowest BCUT2D eigenvalue weighted by Gasteiger charge is -2.16. The molecule has 2 heterocycles. The van der Waals surface area contributed by atoms with Crippen molar-refractivity contribution < 1.29 is 28.2 Å². The number of rotatable bonds is 6. The van der Waals surface area contributed by atoms with Gasteiger partial charge in [0.05, 0.1) is 12.8 Å². The van der Waals surface area contributed by atoms with Gasteiger partial charge in [-0.2, -0.15) is 0 Å². The quantitative estimate of drug-likeness (QED) is 0.525. The Kier molecular flexibility index (Phi) is 5.55. The number of hydrogen-bond acceptors (Lipinski definition) is 5. The largest absolute Gasteiger partial charge is 0.490 e. The molecule has 1 saturated carbocycles. The van der Waals surface area contributed by atoms with Gasteiger partial charge in [0, 0.05) is 30.0 Å². The second-order valence-electron chi connectivity index (χ2n) is 8.00. The predicted molar refractivity (Wildman–Crippen MR) is 116 cm³/mol. The van der Waals surface area contributed by atoms with Crippen LogP contribution < -0.4 is 20.1 Å². The molecule has 1 fully saturated rings. The topological polar surface area (TPSA) is 92.7 Å². The first kappa shape index (κ1) is 21.1. The van der Waals surface area contributed by atoms with Crippen molar-refractivity contribution >= 4 is 11.8 Å². The molecule has 3 atom stereocenters. The number of ether oxygens (including phenoxy) is 2. The van der Waals surface area contributed by atoms with E-state index in [1.54, 1.807) is 24.3 Å². The van der Waals surface area contributed by atoms with Crippen LogP contribution in [0.3, 0.4) is 0 Å². The van der Waals surface area contributed by atoms with Crippen LogP contribution in [0.15, 0.2) is 54.7 Å². The second-order valence-corrected chi connectivity index (χ2v) is 8.00. The van der Waals surface area contributed by atoms with Crippen molar-refractivity contribution in [1.29, 1.82) is 0 Å². The molecule has 170 valence electrons. The first-order chi connectivity index (χ1) is 16.0. The lowest BCUT2D eigenvalue weighted by Crippen LogP contribution is -2.32. The number of carbonyl (C=O) groups excluding carboxylic acids is 1. The number of halogens is 2. The van der Waals surface area contributed by atoms with Gasteiger partial charge in [-0.1, -0.05) is 12.1 Å². The van der Waals surface area contributed by atoms with Gasteiger partial charge in [0.25, 0.3) is 0 Å². The molecule has 0 radical (unpaired) electrons. The Morgan fingerprint density at radius 3 is 2.58 bits per heavy atom. The van der Waals surface area contributed by atoms with Gasteiger partial charge in [-0.3, -0.25) is 5.32 Å². The lowest BCUT2D eigenvalue weighted by atomic mass is 10.0. The molecule has 0 spiro atoms. The number of urea groups is 1. The summed E-state index contributed by atoms with van der Waals surface area (Å²) in [6.45, 7) is 0.305. The highest BCUT2D eigenvalue weighted by molar-refractivity contribution is 5.89. The number of nitrogens with zero attached hydrogens (tertiary/aromatic N) is 1. The number of aromatic nitrogens is 1. The molecule has 33 heavy (non-hydrogen) atoms. The smallest absolute Gasteiger partial charge is 0.320 e. The third kappa shape index (κ3) is 4.31. The zero-order valence-electron chi connectivity index (χ0n) is 17.4. The zero-order chi connectivity index (χ0) is 22.9. The van der Waals surface area contributed by atoms with Gasteiger partial charge in [-0.05, 0) is 48.4 Å². The number of benzene rings is 2. The number of aliphatic hydroxyl groups is 1. The van der Waals surface area contributed by atoms with Crippen LogP contribution >= 0.6 is 0 Å². The summed E-state index contributed by atoms with van der Waals surface area (Å²) >= 11 is 0. The van der Waals surface area contributed by atoms with Crippen molar-refractivity contribution in [3.8, 4) is 17.2 Å². The maximum absolute atomic E-state index is 14.2. The minimum absolute atomic E-state index is 0.0683. The van der Waals surface area contributed by atoms with Gasteiger partial charge >= 0.3 is 6.03 Å². The van der Waals surface area contributed by atoms with Gasteiger partial charge in [0.1, 0.15) is 23.1 Å². The van der Waals surface area contributed by atoms with Gasteiger partial charge in [-0.25, -0.2) is 18.6 Å². The molecule has 2 aromatic carbocycles. The molecule has 0 unspecified atom stereocenters. The summed E-state index contributed by atoms with van der Waals surface area (Å²) in [6.07, 6.45) is 2.06. The summed E-state index contributed by atoms with van der Waals surface area (Å²) in [7, 11) is 0. The Bertz CT molecular complexity index is 1170. The number of pyridine rings is 1. The fourth-order valence-electron chi connectivity index (χ4n) is 4.17. The van der Waals surface area contributed by atoms with Crippen LogP contribution in [0.4, 0.5) is 19.4 Å². The Hall–Kier alpha value is -3.72. The number of carbonyl (C=O) groups is 1. The zero-order valence-corrected chi connectivity index (χ0v) is 17.4. The first-order valence-corrected chi connectivity index (χ1v) is 10.6. The van der Waals surface area contributed by atoms with Gasteiger partial charge in [0.2, 0.25) is 0 Å². The van der Waals surface area contributed by atoms with Crippen LogP contribution in [0.1, 0.15) is 17.0 Å². The molecule has 2 aliphatic rings. The Balaban J connectivity index is 1.17. The molecule has 7 nitrogen and oxygen atoms in total. The van der Waals surface area contributed by atoms with E-state index in [0.29, 0.717) is 23.7 Å². The fourth-order valence-corrected chi connectivity index (χ4v) is 4.17. The van der Waals surface area contributed by atoms with E-state index in [0.717, 1.165) is 17.7 Å². The highest BCUT2D eigenvalue weighted by Crippen LogP contribution is 2.55. The second kappa shape index (κ2) is 8.67. The molecule has 0 bridgehead atoms. The predicted octanol–water partition coefficient (Wildman–Crippen LogP) is 3.98. The number of amides is 2. The monoisotopic (exact) mass is 453 g/mol. The average molecular weight is 453 g/mol. The van der Waals surface area contributed by atoms with E-state index >= 15 is 0 Å². The molecule has 0 saturated heterocycles. The average Bonchev–Trinajstić information content (AvgIpc) is 3.51. The standard InChI is InChI=1S/C24H21F2N3O4/c25-17-6-7-18(26)23-21(17)20-16(12-32-23)22(20)29-24(31)28-19-8-5-15(11-27-19)33-14-3-1-13(2-4-14)9-10-30/h1-8,11,16,20,22,30H,9-10,12H2,(H2,27,28,29,31)/t16-,20+,22+/m0/s1. The lowest BCUT2D eigenvalue weighted by molar-refractivity contribution is 0.247. The Morgan fingerprint density at radius 2 is 1.85 bits per heavy atom. The molecular weight excluding hydrogens is 432 g/mol. The number of nitrogens with one attached hydrogen (secondary N) is 2. The maximum Gasteiger partial charge on any atom is 0.320 e. The van der Waals surface area contributed by atoms with Crippen molar-refractivity contribution in [1.82, 2.24) is 10.3 Å². The Labute approximate surface area is 188 Å². The summed E-state index contributed by atoms with van der Waals surface area (Å²) in [5.41, 5.74) is 1.19. The van der Waals surface area contributed by atoms with Crippen molar-refractivity contribution in [2.45, 2.75) is 18.4 Å². The number of anilines is 1. The van der Waals surface area contributed by atoms with Crippen LogP contribution in [0.2, 0.25) is 0 Å². The molecule has 1 aromatic heterocycles. The van der Waals surface area contributed by atoms with Crippen LogP contribution in [0.5, 0.6) is 17.2 Å². The molecule has 5 rings (SSSR count). The number of fused-ring (bicyclic) bond motifs is 3. The third-order valence-electron chi connectivity index (χ3n) is 5.85. The van der Waals surface area contributed by atoms with Crippen molar-refractivity contribution in [3.63, 3.8) is 0 Å². The SMILES string of the molecule is O=C(Nc1ccc(Oc2ccc(CCO)cc2)cn1)N[C@@H]1[C@H]2COc3c(F)ccc(F)c3[C@@H]21. The van der Waals surface area contributed by atoms with Crippen LogP contribution in [0.25, 0.3) is 0 Å². The normalized spacial score (nSPS) is 20.2. The first-order valence-electron chi connectivity index (χ1n) is 10.6. The summed E-state index contributed by atoms with van der Waals surface area (Å²) in [4.78, 5) is 16.6. The Morgan fingerprint density at radius 1 is 1.09 bits per heavy atom. The van der Waals surface area contributed by atoms with E-state index < -0.39 is 17.7 Å². The molecule has 3 N–H and O–H groups in total. The third-order valence-corrected chi connectivity index (χ3v) is 5.85. The molecule has 3 aromatic rings. The number of aliphatic hydroxyl groups excluding tert-OH is 1. The fraction of sp³-hybridized carbons (Fsp3) is 0.250. The summed E-state index contributed by atoms with van der Waals surface area (Å²) in [5.74, 6) is -0.194. The molecular formula is C24H21F2N3O4. The van der Waals surface area contributed by atoms with Crippen LogP contribution in [0, 0.1) is 17.6 Å². The molecule has 1 aliphatic heterocycles. The van der Waals surface area contributed by atoms with Gasteiger partial charge in [-0.15, -0.1) is 0 Å². The summed E-state index contributed by atoms with van der Waals surface area (Å²) < 4.78 is 39.3. The van der Waals surface area contributed by atoms with Gasteiger partial charge in [0.15, 0.2) is 11.6 Å². The molecule has 9 heteroatoms. The van der Waals surface area contributed by atoms with E-state index in [4.69, 9.17) is 14.6 Å². The van der Waals surface area contributed by atoms with Crippen molar-refractivity contribution in [2.24, 2.45) is 5.92 Å². The van der Waals surface area contributed by atoms with Crippen LogP contribution in [-0.4, -0.2) is 35.4 Å². The highest BCUT2D eigenvalue weighted by Gasteiger charge is 2.57. The summed E-state index contributed by atoms with van der Waals surface area (Å²) in [5, 5.41) is 14.4. The van der Waals surface area contributed by atoms with Crippen molar-refractivity contribution in [3.05, 3.63) is 77.5 Å². The van der Waals surface area contributed by atoms with E-state index in [1.165, 1.54) is 6.20 Å². The van der Waals surface area contributed by atoms with E-state index in [9.17, 15) is 13.6 Å². The minimum atomic E-state index is -0.604. The number of hydrogen-bond donors (Lipinski definition) is 3. The van der Waals surface area contributed by atoms with Crippen LogP contribution in [-0.2, 0) is 6.42 Å². The summed E-state index contributed by atoms with van der Waals surface area (Å²) in [6, 6.07) is 11.9.